The first-order valence-electron chi connectivity index (χ1n) is 7.50. The van der Waals surface area contributed by atoms with E-state index in [0.29, 0.717) is 0 Å². The van der Waals surface area contributed by atoms with Crippen LogP contribution in [-0.2, 0) is 33.3 Å². The number of rotatable bonds is 4. The molecule has 4 atom stereocenters. The second-order valence-corrected chi connectivity index (χ2v) is 5.79. The molecule has 1 N–H and O–H groups in total. The number of ether oxygens (including phenoxy) is 4. The Bertz CT molecular complexity index is 819. The first kappa shape index (κ1) is 19.7. The summed E-state index contributed by atoms with van der Waals surface area (Å²) < 4.78 is 22.2. The number of hydrogen-bond acceptors (Lipinski definition) is 10. The summed E-state index contributed by atoms with van der Waals surface area (Å²) in [6, 6.07) is 0. The zero-order valence-electron chi connectivity index (χ0n) is 14.2. The second kappa shape index (κ2) is 8.19. The minimum atomic E-state index is -1.22. The zero-order valence-corrected chi connectivity index (χ0v) is 15.0. The van der Waals surface area contributed by atoms with Crippen molar-refractivity contribution in [3.8, 4) is 0 Å². The summed E-state index contributed by atoms with van der Waals surface area (Å²) in [6.07, 6.45) is -3.54. The van der Waals surface area contributed by atoms with Gasteiger partial charge in [0, 0.05) is 20.8 Å². The van der Waals surface area contributed by atoms with E-state index in [-0.39, 0.29) is 11.4 Å². The zero-order chi connectivity index (χ0) is 19.4. The smallest absolute Gasteiger partial charge is 0.303 e. The Hall–Kier alpha value is -2.60. The fourth-order valence-electron chi connectivity index (χ4n) is 2.48. The van der Waals surface area contributed by atoms with Crippen LogP contribution in [-0.4, -0.2) is 57.6 Å². The van der Waals surface area contributed by atoms with E-state index < -0.39 is 48.0 Å². The van der Waals surface area contributed by atoms with Crippen LogP contribution in [0.15, 0.2) is 11.0 Å². The summed E-state index contributed by atoms with van der Waals surface area (Å²) in [5.74, 6) is -2.00. The number of carbonyl (C=O) groups excluding carboxylic acids is 3. The van der Waals surface area contributed by atoms with Crippen LogP contribution in [0.4, 0.5) is 0 Å². The number of carbonyl (C=O) groups is 3. The summed E-state index contributed by atoms with van der Waals surface area (Å²) in [5.41, 5.74) is -0.527. The Balaban J connectivity index is 2.46. The van der Waals surface area contributed by atoms with Crippen LogP contribution in [0.25, 0.3) is 0 Å². The number of H-pyrrole nitrogens is 1. The predicted molar refractivity (Wildman–Crippen MR) is 85.3 cm³/mol. The number of nitrogens with zero attached hydrogens (tertiary/aromatic N) is 2. The first-order chi connectivity index (χ1) is 12.2. The SMILES string of the molecule is CC(=O)O[C@H]1[C@H](OC(C)=O)[C@H](OC(C)=O)CO[C@H]1n1ncc(=O)[nH]c1=S. The standard InChI is InChI=1S/C14H17N3O8S/c1-6(18)23-9-5-22-13(17-14(26)16-10(21)4-15-17)12(25-8(3)20)11(9)24-7(2)19/h4,9,11-13H,5H2,1-3H3,(H,16,21,26)/t9-,11-,12+,13-/m1/s1. The van der Waals surface area contributed by atoms with Crippen LogP contribution in [0.3, 0.4) is 0 Å². The van der Waals surface area contributed by atoms with Gasteiger partial charge < -0.3 is 18.9 Å². The van der Waals surface area contributed by atoms with Crippen LogP contribution in [0.1, 0.15) is 27.0 Å². The molecule has 0 bridgehead atoms. The number of esters is 3. The van der Waals surface area contributed by atoms with E-state index in [1.807, 2.05) is 0 Å². The van der Waals surface area contributed by atoms with Crippen molar-refractivity contribution < 1.29 is 33.3 Å². The van der Waals surface area contributed by atoms with Gasteiger partial charge in [-0.15, -0.1) is 0 Å². The van der Waals surface area contributed by atoms with Gasteiger partial charge in [-0.3, -0.25) is 24.2 Å². The van der Waals surface area contributed by atoms with Gasteiger partial charge in [-0.1, -0.05) is 0 Å². The van der Waals surface area contributed by atoms with Gasteiger partial charge in [-0.25, -0.2) is 4.68 Å². The molecule has 1 fully saturated rings. The minimum absolute atomic E-state index is 0.0906. The van der Waals surface area contributed by atoms with Crippen molar-refractivity contribution >= 4 is 30.1 Å². The lowest BCUT2D eigenvalue weighted by atomic mass is 10.0. The van der Waals surface area contributed by atoms with E-state index in [2.05, 4.69) is 10.1 Å². The molecule has 0 aromatic carbocycles. The van der Waals surface area contributed by atoms with Crippen molar-refractivity contribution in [3.63, 3.8) is 0 Å². The average Bonchev–Trinajstić information content (AvgIpc) is 2.50. The molecule has 1 aliphatic rings. The molecular formula is C14H17N3O8S. The molecule has 1 saturated heterocycles. The predicted octanol–water partition coefficient (Wildman–Crippen LogP) is -0.375. The van der Waals surface area contributed by atoms with Gasteiger partial charge in [0.15, 0.2) is 29.3 Å². The molecule has 0 saturated carbocycles. The molecule has 12 heteroatoms. The lowest BCUT2D eigenvalue weighted by Crippen LogP contribution is -2.56. The molecular weight excluding hydrogens is 370 g/mol. The molecule has 11 nitrogen and oxygen atoms in total. The molecule has 0 aliphatic carbocycles. The Morgan fingerprint density at radius 3 is 2.27 bits per heavy atom. The molecule has 2 rings (SSSR count). The lowest BCUT2D eigenvalue weighted by Gasteiger charge is -2.40. The molecule has 1 aromatic rings. The van der Waals surface area contributed by atoms with Crippen molar-refractivity contribution in [2.24, 2.45) is 0 Å². The van der Waals surface area contributed by atoms with Crippen LogP contribution in [0.2, 0.25) is 0 Å². The van der Waals surface area contributed by atoms with Gasteiger partial charge in [0.25, 0.3) is 5.56 Å². The minimum Gasteiger partial charge on any atom is -0.456 e. The largest absolute Gasteiger partial charge is 0.456 e. The maximum Gasteiger partial charge on any atom is 0.303 e. The molecule has 0 radical (unpaired) electrons. The average molecular weight is 387 g/mol. The third kappa shape index (κ3) is 4.73. The van der Waals surface area contributed by atoms with Gasteiger partial charge in [0.05, 0.1) is 6.61 Å². The van der Waals surface area contributed by atoms with Gasteiger partial charge in [0.1, 0.15) is 6.20 Å². The second-order valence-electron chi connectivity index (χ2n) is 5.40. The highest BCUT2D eigenvalue weighted by Gasteiger charge is 2.48. The van der Waals surface area contributed by atoms with Gasteiger partial charge in [0.2, 0.25) is 0 Å². The van der Waals surface area contributed by atoms with E-state index in [1.54, 1.807) is 0 Å². The Labute approximate surface area is 152 Å². The van der Waals surface area contributed by atoms with Crippen molar-refractivity contribution in [3.05, 3.63) is 21.3 Å². The number of aromatic amines is 1. The summed E-state index contributed by atoms with van der Waals surface area (Å²) in [4.78, 5) is 48.0. The fourth-order valence-corrected chi connectivity index (χ4v) is 2.73. The highest BCUT2D eigenvalue weighted by Crippen LogP contribution is 2.30. The molecule has 26 heavy (non-hydrogen) atoms. The Morgan fingerprint density at radius 1 is 1.15 bits per heavy atom. The number of hydrogen-bond donors (Lipinski definition) is 1. The number of aromatic nitrogens is 3. The van der Waals surface area contributed by atoms with Crippen LogP contribution < -0.4 is 5.56 Å². The summed E-state index contributed by atoms with van der Waals surface area (Å²) in [6.45, 7) is 3.31. The third-order valence-corrected chi connectivity index (χ3v) is 3.59. The summed E-state index contributed by atoms with van der Waals surface area (Å²) >= 11 is 5.04. The van der Waals surface area contributed by atoms with Crippen molar-refractivity contribution in [2.45, 2.75) is 45.3 Å². The quantitative estimate of drug-likeness (QED) is 0.413. The molecule has 142 valence electrons. The van der Waals surface area contributed by atoms with E-state index >= 15 is 0 Å². The van der Waals surface area contributed by atoms with Crippen molar-refractivity contribution in [1.82, 2.24) is 14.8 Å². The van der Waals surface area contributed by atoms with Gasteiger partial charge >= 0.3 is 17.9 Å². The van der Waals surface area contributed by atoms with E-state index in [9.17, 15) is 19.2 Å². The molecule has 0 spiro atoms. The molecule has 2 heterocycles. The van der Waals surface area contributed by atoms with Crippen LogP contribution in [0, 0.1) is 4.77 Å². The lowest BCUT2D eigenvalue weighted by molar-refractivity contribution is -0.242. The Kier molecular flexibility index (Phi) is 6.21. The van der Waals surface area contributed by atoms with Gasteiger partial charge in [-0.05, 0) is 12.2 Å². The normalized spacial score (nSPS) is 25.2. The monoisotopic (exact) mass is 387 g/mol. The molecule has 0 unspecified atom stereocenters. The first-order valence-corrected chi connectivity index (χ1v) is 7.91. The van der Waals surface area contributed by atoms with E-state index in [4.69, 9.17) is 31.2 Å². The highest BCUT2D eigenvalue weighted by atomic mass is 32.1. The maximum atomic E-state index is 11.5. The number of nitrogens with one attached hydrogen (secondary N) is 1. The molecule has 0 amide bonds. The fraction of sp³-hybridized carbons (Fsp3) is 0.571. The topological polar surface area (TPSA) is 139 Å². The van der Waals surface area contributed by atoms with Crippen LogP contribution >= 0.6 is 12.2 Å². The molecule has 1 aliphatic heterocycles. The molecule has 1 aromatic heterocycles. The van der Waals surface area contributed by atoms with Crippen LogP contribution in [0.5, 0.6) is 0 Å². The third-order valence-electron chi connectivity index (χ3n) is 3.30. The van der Waals surface area contributed by atoms with E-state index in [0.717, 1.165) is 24.7 Å². The van der Waals surface area contributed by atoms with E-state index in [1.165, 1.54) is 6.92 Å². The Morgan fingerprint density at radius 2 is 1.73 bits per heavy atom. The van der Waals surface area contributed by atoms with Gasteiger partial charge in [-0.2, -0.15) is 5.10 Å². The maximum absolute atomic E-state index is 11.5. The summed E-state index contributed by atoms with van der Waals surface area (Å²) in [7, 11) is 0. The highest BCUT2D eigenvalue weighted by molar-refractivity contribution is 7.71. The van der Waals surface area contributed by atoms with Crippen molar-refractivity contribution in [2.75, 3.05) is 6.61 Å². The van der Waals surface area contributed by atoms with Crippen molar-refractivity contribution in [1.29, 1.82) is 0 Å². The summed E-state index contributed by atoms with van der Waals surface area (Å²) in [5, 5.41) is 3.86.